The van der Waals surface area contributed by atoms with Crippen LogP contribution in [0.5, 0.6) is 0 Å². The third-order valence-electron chi connectivity index (χ3n) is 3.24. The van der Waals surface area contributed by atoms with Crippen molar-refractivity contribution in [1.29, 1.82) is 0 Å². The van der Waals surface area contributed by atoms with Crippen molar-refractivity contribution in [2.45, 2.75) is 18.5 Å². The van der Waals surface area contributed by atoms with Gasteiger partial charge in [-0.05, 0) is 17.7 Å². The summed E-state index contributed by atoms with van der Waals surface area (Å²) in [7, 11) is 0. The maximum absolute atomic E-state index is 13.7. The predicted molar refractivity (Wildman–Crippen MR) is 66.8 cm³/mol. The van der Waals surface area contributed by atoms with Crippen LogP contribution in [0.25, 0.3) is 11.1 Å². The van der Waals surface area contributed by atoms with Gasteiger partial charge in [0.05, 0.1) is 16.7 Å². The largest absolute Gasteiger partial charge is 0.417 e. The van der Waals surface area contributed by atoms with E-state index in [1.165, 1.54) is 0 Å². The molecule has 0 atom stereocenters. The smallest absolute Gasteiger partial charge is 0.206 e. The van der Waals surface area contributed by atoms with Crippen molar-refractivity contribution in [3.8, 4) is 11.1 Å². The van der Waals surface area contributed by atoms with Gasteiger partial charge in [-0.25, -0.2) is 4.39 Å². The molecule has 10 heteroatoms. The molecular formula is C15H6F10. The number of rotatable bonds is 1. The molecule has 0 aliphatic rings. The summed E-state index contributed by atoms with van der Waals surface area (Å²) in [5.74, 6) is -1.30. The van der Waals surface area contributed by atoms with Crippen LogP contribution in [-0.2, 0) is 18.5 Å². The third-order valence-corrected chi connectivity index (χ3v) is 3.24. The van der Waals surface area contributed by atoms with Gasteiger partial charge in [-0.2, -0.15) is 39.5 Å². The Morgan fingerprint density at radius 2 is 1.04 bits per heavy atom. The zero-order valence-electron chi connectivity index (χ0n) is 11.7. The van der Waals surface area contributed by atoms with Gasteiger partial charge in [-0.1, -0.05) is 24.3 Å². The van der Waals surface area contributed by atoms with E-state index >= 15 is 0 Å². The maximum Gasteiger partial charge on any atom is 0.417 e. The van der Waals surface area contributed by atoms with E-state index < -0.39 is 52.2 Å². The Balaban J connectivity index is 3.01. The van der Waals surface area contributed by atoms with Crippen molar-refractivity contribution < 1.29 is 43.9 Å². The lowest BCUT2D eigenvalue weighted by Gasteiger charge is -2.23. The van der Waals surface area contributed by atoms with Crippen LogP contribution in [0, 0.1) is 5.82 Å². The van der Waals surface area contributed by atoms with Crippen LogP contribution < -0.4 is 0 Å². The summed E-state index contributed by atoms with van der Waals surface area (Å²) in [6, 6.07) is 3.58. The summed E-state index contributed by atoms with van der Waals surface area (Å²) in [4.78, 5) is 0. The van der Waals surface area contributed by atoms with Crippen molar-refractivity contribution in [2.24, 2.45) is 0 Å². The predicted octanol–water partition coefficient (Wildman–Crippen LogP) is 6.55. The Hall–Kier alpha value is -2.26. The summed E-state index contributed by atoms with van der Waals surface area (Å²) in [5, 5.41) is 0. The van der Waals surface area contributed by atoms with Crippen molar-refractivity contribution >= 4 is 0 Å². The van der Waals surface area contributed by atoms with E-state index in [4.69, 9.17) is 0 Å². The Morgan fingerprint density at radius 3 is 1.48 bits per heavy atom. The van der Waals surface area contributed by atoms with Crippen LogP contribution in [0.3, 0.4) is 0 Å². The first-order valence-electron chi connectivity index (χ1n) is 6.38. The monoisotopic (exact) mass is 376 g/mol. The Kier molecular flexibility index (Phi) is 4.52. The highest BCUT2D eigenvalue weighted by Crippen LogP contribution is 2.50. The summed E-state index contributed by atoms with van der Waals surface area (Å²) in [6.45, 7) is 0. The van der Waals surface area contributed by atoms with Gasteiger partial charge in [-0.15, -0.1) is 0 Å². The highest BCUT2D eigenvalue weighted by molar-refractivity contribution is 5.71. The zero-order valence-corrected chi connectivity index (χ0v) is 11.7. The lowest BCUT2D eigenvalue weighted by Crippen LogP contribution is -2.24. The molecule has 25 heavy (non-hydrogen) atoms. The van der Waals surface area contributed by atoms with Gasteiger partial charge in [-0.3, -0.25) is 0 Å². The van der Waals surface area contributed by atoms with Gasteiger partial charge in [0, 0.05) is 5.56 Å². The van der Waals surface area contributed by atoms with Crippen LogP contribution in [0.1, 0.15) is 16.7 Å². The van der Waals surface area contributed by atoms with Gasteiger partial charge in [0.2, 0.25) is 0 Å². The van der Waals surface area contributed by atoms with E-state index in [0.717, 1.165) is 18.2 Å². The summed E-state index contributed by atoms with van der Waals surface area (Å²) < 4.78 is 131. The van der Waals surface area contributed by atoms with Crippen molar-refractivity contribution in [2.75, 3.05) is 0 Å². The molecular weight excluding hydrogens is 370 g/mol. The molecule has 0 saturated carbocycles. The molecule has 0 amide bonds. The normalized spacial score (nSPS) is 13.2. The Bertz CT molecular complexity index is 780. The SMILES string of the molecule is Fc1ccccc1-c1ccc(C(F)(F)F)c(C(F)(F)F)c1C(F)(F)F. The van der Waals surface area contributed by atoms with Gasteiger partial charge in [0.25, 0.3) is 0 Å². The van der Waals surface area contributed by atoms with Crippen LogP contribution in [0.4, 0.5) is 43.9 Å². The van der Waals surface area contributed by atoms with Crippen LogP contribution in [-0.4, -0.2) is 0 Å². The highest BCUT2D eigenvalue weighted by atomic mass is 19.4. The fraction of sp³-hybridized carbons (Fsp3) is 0.200. The average molecular weight is 376 g/mol. The van der Waals surface area contributed by atoms with Gasteiger partial charge in [0.15, 0.2) is 0 Å². The summed E-state index contributed by atoms with van der Waals surface area (Å²) in [6.07, 6.45) is -17.4. The Labute approximate surface area is 133 Å². The molecule has 2 rings (SSSR count). The first-order chi connectivity index (χ1) is 11.2. The van der Waals surface area contributed by atoms with E-state index in [0.29, 0.717) is 6.07 Å². The second kappa shape index (κ2) is 5.92. The fourth-order valence-corrected chi connectivity index (χ4v) is 2.33. The van der Waals surface area contributed by atoms with E-state index in [1.807, 2.05) is 0 Å². The molecule has 0 radical (unpaired) electrons. The average Bonchev–Trinajstić information content (AvgIpc) is 2.43. The molecule has 0 aliphatic heterocycles. The summed E-state index contributed by atoms with van der Waals surface area (Å²) in [5.41, 5.74) is -10.2. The van der Waals surface area contributed by atoms with Crippen LogP contribution >= 0.6 is 0 Å². The number of benzene rings is 2. The minimum Gasteiger partial charge on any atom is -0.206 e. The molecule has 0 heterocycles. The number of hydrogen-bond donors (Lipinski definition) is 0. The summed E-state index contributed by atoms with van der Waals surface area (Å²) >= 11 is 0. The second-order valence-electron chi connectivity index (χ2n) is 4.88. The standard InChI is InChI=1S/C15H6F10/c16-10-4-2-1-3-7(10)8-5-6-9(13(17,18)19)12(15(23,24)25)11(8)14(20,21)22/h1-6H. The second-order valence-corrected chi connectivity index (χ2v) is 4.88. The lowest BCUT2D eigenvalue weighted by molar-refractivity contribution is -0.174. The molecule has 136 valence electrons. The third kappa shape index (κ3) is 3.72. The molecule has 0 unspecified atom stereocenters. The van der Waals surface area contributed by atoms with Crippen LogP contribution in [0.15, 0.2) is 36.4 Å². The lowest BCUT2D eigenvalue weighted by atomic mass is 9.90. The molecule has 2 aromatic rings. The van der Waals surface area contributed by atoms with Crippen molar-refractivity contribution in [3.63, 3.8) is 0 Å². The molecule has 0 fully saturated rings. The fourth-order valence-electron chi connectivity index (χ4n) is 2.33. The van der Waals surface area contributed by atoms with Gasteiger partial charge < -0.3 is 0 Å². The first kappa shape index (κ1) is 19.1. The minimum atomic E-state index is -5.96. The molecule has 0 bridgehead atoms. The molecule has 2 aromatic carbocycles. The van der Waals surface area contributed by atoms with Gasteiger partial charge in [0.1, 0.15) is 5.82 Å². The molecule has 0 aromatic heterocycles. The number of alkyl halides is 9. The molecule has 0 aliphatic carbocycles. The minimum absolute atomic E-state index is 0.139. The molecule has 0 spiro atoms. The Morgan fingerprint density at radius 1 is 0.520 bits per heavy atom. The molecule has 0 N–H and O–H groups in total. The van der Waals surface area contributed by atoms with Crippen molar-refractivity contribution in [3.05, 3.63) is 58.9 Å². The zero-order chi connectivity index (χ0) is 19.2. The van der Waals surface area contributed by atoms with Gasteiger partial charge >= 0.3 is 18.5 Å². The molecule has 0 nitrogen and oxygen atoms in total. The number of hydrogen-bond acceptors (Lipinski definition) is 0. The quantitative estimate of drug-likeness (QED) is 0.495. The molecule has 0 saturated heterocycles. The first-order valence-corrected chi connectivity index (χ1v) is 6.38. The maximum atomic E-state index is 13.7. The van der Waals surface area contributed by atoms with Crippen LogP contribution in [0.2, 0.25) is 0 Å². The van der Waals surface area contributed by atoms with E-state index in [1.54, 1.807) is 0 Å². The topological polar surface area (TPSA) is 0 Å². The highest BCUT2D eigenvalue weighted by Gasteiger charge is 2.51. The van der Waals surface area contributed by atoms with Crippen molar-refractivity contribution in [1.82, 2.24) is 0 Å². The van der Waals surface area contributed by atoms with E-state index in [-0.39, 0.29) is 12.1 Å². The van der Waals surface area contributed by atoms with E-state index in [9.17, 15) is 43.9 Å². The number of halogens is 10. The van der Waals surface area contributed by atoms with E-state index in [2.05, 4.69) is 0 Å².